The maximum absolute atomic E-state index is 13.2. The van der Waals surface area contributed by atoms with Crippen LogP contribution >= 0.6 is 23.2 Å². The number of fused-ring (bicyclic) bond motifs is 1. The van der Waals surface area contributed by atoms with Crippen molar-refractivity contribution in [2.45, 2.75) is 32.4 Å². The molecule has 0 saturated carbocycles. The van der Waals surface area contributed by atoms with E-state index < -0.39 is 17.8 Å². The summed E-state index contributed by atoms with van der Waals surface area (Å²) in [5.74, 6) is -0.864. The predicted molar refractivity (Wildman–Crippen MR) is 101 cm³/mol. The molecule has 1 heterocycles. The van der Waals surface area contributed by atoms with E-state index in [1.807, 2.05) is 6.92 Å². The third kappa shape index (κ3) is 4.28. The maximum Gasteiger partial charge on any atom is 0.437 e. The van der Waals surface area contributed by atoms with Crippen LogP contribution in [0.4, 0.5) is 13.2 Å². The number of ether oxygens (including phenoxy) is 1. The Morgan fingerprint density at radius 3 is 2.66 bits per heavy atom. The number of aryl methyl sites for hydroxylation is 1. The van der Waals surface area contributed by atoms with Gasteiger partial charge in [0.05, 0.1) is 21.9 Å². The van der Waals surface area contributed by atoms with Crippen LogP contribution in [0.2, 0.25) is 10.0 Å². The Morgan fingerprint density at radius 1 is 1.31 bits per heavy atom. The standard InChI is InChI=1S/C19H14Cl2F3NO4/c1-2-4-10-16-11(18(25-29-16)19(22,23)24)8-12(20)17(10)28-13-6-3-5-9(15(13)21)7-14(26)27/h3,5-6,8H,2,4,7H2,1H3,(H,26,27). The highest BCUT2D eigenvalue weighted by Crippen LogP contribution is 2.44. The van der Waals surface area contributed by atoms with E-state index in [9.17, 15) is 18.0 Å². The third-order valence-corrected chi connectivity index (χ3v) is 4.84. The Labute approximate surface area is 172 Å². The molecule has 0 amide bonds. The molecule has 0 unspecified atom stereocenters. The van der Waals surface area contributed by atoms with Gasteiger partial charge in [-0.15, -0.1) is 0 Å². The van der Waals surface area contributed by atoms with Crippen molar-refractivity contribution in [2.24, 2.45) is 0 Å². The van der Waals surface area contributed by atoms with Crippen LogP contribution in [0, 0.1) is 0 Å². The normalized spacial score (nSPS) is 11.8. The minimum Gasteiger partial charge on any atom is -0.481 e. The summed E-state index contributed by atoms with van der Waals surface area (Å²) >= 11 is 12.5. The molecule has 10 heteroatoms. The molecule has 1 N–H and O–H groups in total. The van der Waals surface area contributed by atoms with Crippen LogP contribution in [0.25, 0.3) is 11.0 Å². The fourth-order valence-electron chi connectivity index (χ4n) is 2.92. The lowest BCUT2D eigenvalue weighted by molar-refractivity contribution is -0.141. The molecule has 0 aliphatic heterocycles. The summed E-state index contributed by atoms with van der Waals surface area (Å²) < 4.78 is 50.4. The molecular formula is C19H14Cl2F3NO4. The van der Waals surface area contributed by atoms with E-state index in [4.69, 9.17) is 37.6 Å². The lowest BCUT2D eigenvalue weighted by atomic mass is 10.0. The molecule has 3 aromatic rings. The molecule has 0 atom stereocenters. The SMILES string of the molecule is CCCc1c(Oc2cccc(CC(=O)O)c2Cl)c(Cl)cc2c(C(F)(F)F)noc12. The van der Waals surface area contributed by atoms with Crippen LogP contribution in [0.15, 0.2) is 28.8 Å². The van der Waals surface area contributed by atoms with Gasteiger partial charge in [-0.25, -0.2) is 0 Å². The predicted octanol–water partition coefficient (Wildman–Crippen LogP) is 6.53. The lowest BCUT2D eigenvalue weighted by Crippen LogP contribution is -2.05. The number of nitrogens with zero attached hydrogens (tertiary/aromatic N) is 1. The fraction of sp³-hybridized carbons (Fsp3) is 0.263. The van der Waals surface area contributed by atoms with Crippen LogP contribution in [-0.2, 0) is 23.8 Å². The average molecular weight is 448 g/mol. The van der Waals surface area contributed by atoms with Gasteiger partial charge in [-0.1, -0.05) is 53.8 Å². The number of benzene rings is 2. The zero-order chi connectivity index (χ0) is 21.3. The second kappa shape index (κ2) is 8.12. The zero-order valence-corrected chi connectivity index (χ0v) is 16.5. The van der Waals surface area contributed by atoms with Gasteiger partial charge < -0.3 is 14.4 Å². The average Bonchev–Trinajstić information content (AvgIpc) is 3.04. The van der Waals surface area contributed by atoms with Crippen molar-refractivity contribution in [1.82, 2.24) is 5.16 Å². The molecule has 3 rings (SSSR count). The molecule has 2 aromatic carbocycles. The second-order valence-corrected chi connectivity index (χ2v) is 7.01. The van der Waals surface area contributed by atoms with Gasteiger partial charge in [-0.3, -0.25) is 4.79 Å². The van der Waals surface area contributed by atoms with Crippen LogP contribution in [0.3, 0.4) is 0 Å². The van der Waals surface area contributed by atoms with Gasteiger partial charge in [0.15, 0.2) is 17.0 Å². The largest absolute Gasteiger partial charge is 0.481 e. The van der Waals surface area contributed by atoms with E-state index >= 15 is 0 Å². The van der Waals surface area contributed by atoms with Crippen molar-refractivity contribution in [3.05, 3.63) is 51.1 Å². The number of rotatable bonds is 6. The van der Waals surface area contributed by atoms with E-state index in [1.54, 1.807) is 6.07 Å². The number of aliphatic carboxylic acids is 1. The summed E-state index contributed by atoms with van der Waals surface area (Å²) in [6.45, 7) is 1.83. The highest BCUT2D eigenvalue weighted by Gasteiger charge is 2.38. The number of hydrogen-bond donors (Lipinski definition) is 1. The second-order valence-electron chi connectivity index (χ2n) is 6.22. The first-order chi connectivity index (χ1) is 13.6. The van der Waals surface area contributed by atoms with E-state index in [1.165, 1.54) is 12.1 Å². The Hall–Kier alpha value is -2.45. The molecule has 5 nitrogen and oxygen atoms in total. The highest BCUT2D eigenvalue weighted by atomic mass is 35.5. The summed E-state index contributed by atoms with van der Waals surface area (Å²) in [7, 11) is 0. The minimum absolute atomic E-state index is 0.0714. The zero-order valence-electron chi connectivity index (χ0n) is 14.9. The van der Waals surface area contributed by atoms with Gasteiger partial charge >= 0.3 is 12.1 Å². The highest BCUT2D eigenvalue weighted by molar-refractivity contribution is 6.34. The van der Waals surface area contributed by atoms with Crippen molar-refractivity contribution in [1.29, 1.82) is 0 Å². The Bertz CT molecular complexity index is 1080. The fourth-order valence-corrected chi connectivity index (χ4v) is 3.42. The van der Waals surface area contributed by atoms with E-state index in [0.29, 0.717) is 24.0 Å². The molecular weight excluding hydrogens is 434 g/mol. The van der Waals surface area contributed by atoms with E-state index in [-0.39, 0.29) is 38.9 Å². The molecule has 154 valence electrons. The molecule has 0 bridgehead atoms. The molecule has 0 saturated heterocycles. The number of alkyl halides is 3. The number of carbonyl (C=O) groups is 1. The quantitative estimate of drug-likeness (QED) is 0.465. The first-order valence-corrected chi connectivity index (χ1v) is 9.24. The molecule has 0 aliphatic rings. The first-order valence-electron chi connectivity index (χ1n) is 8.48. The summed E-state index contributed by atoms with van der Waals surface area (Å²) in [5.41, 5.74) is -0.598. The molecule has 0 aliphatic carbocycles. The van der Waals surface area contributed by atoms with Crippen molar-refractivity contribution in [3.63, 3.8) is 0 Å². The molecule has 0 spiro atoms. The number of carboxylic acid groups (broad SMARTS) is 1. The van der Waals surface area contributed by atoms with Gasteiger partial charge in [0.2, 0.25) is 0 Å². The van der Waals surface area contributed by atoms with Crippen molar-refractivity contribution in [2.75, 3.05) is 0 Å². The minimum atomic E-state index is -4.70. The van der Waals surface area contributed by atoms with Gasteiger partial charge in [-0.2, -0.15) is 13.2 Å². The summed E-state index contributed by atoms with van der Waals surface area (Å²) in [6.07, 6.45) is -4.14. The van der Waals surface area contributed by atoms with Gasteiger partial charge in [0, 0.05) is 5.56 Å². The summed E-state index contributed by atoms with van der Waals surface area (Å²) in [6, 6.07) is 5.68. The van der Waals surface area contributed by atoms with Crippen LogP contribution in [-0.4, -0.2) is 16.2 Å². The van der Waals surface area contributed by atoms with Crippen LogP contribution < -0.4 is 4.74 Å². The Kier molecular flexibility index (Phi) is 5.95. The number of aromatic nitrogens is 1. The van der Waals surface area contributed by atoms with Crippen LogP contribution in [0.1, 0.15) is 30.2 Å². The number of halogens is 5. The van der Waals surface area contributed by atoms with Crippen molar-refractivity contribution >= 4 is 40.1 Å². The molecule has 0 fully saturated rings. The summed E-state index contributed by atoms with van der Waals surface area (Å²) in [4.78, 5) is 11.0. The molecule has 29 heavy (non-hydrogen) atoms. The van der Waals surface area contributed by atoms with E-state index in [0.717, 1.165) is 6.07 Å². The van der Waals surface area contributed by atoms with Crippen molar-refractivity contribution < 1.29 is 32.3 Å². The number of carboxylic acids is 1. The lowest BCUT2D eigenvalue weighted by Gasteiger charge is -2.15. The van der Waals surface area contributed by atoms with Crippen molar-refractivity contribution in [3.8, 4) is 11.5 Å². The van der Waals surface area contributed by atoms with E-state index in [2.05, 4.69) is 5.16 Å². The van der Waals surface area contributed by atoms with Crippen LogP contribution in [0.5, 0.6) is 11.5 Å². The number of hydrogen-bond acceptors (Lipinski definition) is 4. The monoisotopic (exact) mass is 447 g/mol. The molecule has 1 aromatic heterocycles. The Balaban J connectivity index is 2.14. The third-order valence-electron chi connectivity index (χ3n) is 4.13. The molecule has 0 radical (unpaired) electrons. The van der Waals surface area contributed by atoms with Gasteiger partial charge in [0.1, 0.15) is 5.75 Å². The first kappa shape index (κ1) is 21.3. The Morgan fingerprint density at radius 2 is 2.03 bits per heavy atom. The maximum atomic E-state index is 13.2. The smallest absolute Gasteiger partial charge is 0.437 e. The topological polar surface area (TPSA) is 72.6 Å². The summed E-state index contributed by atoms with van der Waals surface area (Å²) in [5, 5.41) is 11.9. The van der Waals surface area contributed by atoms with Gasteiger partial charge in [-0.05, 0) is 24.1 Å². The van der Waals surface area contributed by atoms with Gasteiger partial charge in [0.25, 0.3) is 0 Å².